The molecule has 2 aromatic carbocycles. The molecule has 1 saturated heterocycles. The molecule has 0 spiro atoms. The molecule has 3 rings (SSSR count). The minimum absolute atomic E-state index is 0.0676. The minimum atomic E-state index is -3.94. The second kappa shape index (κ2) is 10.5. The molecule has 0 aliphatic carbocycles. The SMILES string of the molecule is Cc1ccc(NS(=O)(=O)c2cc(C(=O)NCCCN3CCCCC3)ccc2Cl)cc1C. The number of hydrogen-bond acceptors (Lipinski definition) is 4. The second-order valence-electron chi connectivity index (χ2n) is 8.06. The van der Waals surface area contributed by atoms with E-state index in [1.54, 1.807) is 12.1 Å². The largest absolute Gasteiger partial charge is 0.352 e. The smallest absolute Gasteiger partial charge is 0.263 e. The Morgan fingerprint density at radius 1 is 1.03 bits per heavy atom. The van der Waals surface area contributed by atoms with Gasteiger partial charge in [-0.3, -0.25) is 9.52 Å². The number of aryl methyl sites for hydroxylation is 2. The second-order valence-corrected chi connectivity index (χ2v) is 10.1. The molecule has 1 aliphatic rings. The molecule has 1 fully saturated rings. The Hall–Kier alpha value is -2.09. The van der Waals surface area contributed by atoms with Gasteiger partial charge < -0.3 is 10.2 Å². The van der Waals surface area contributed by atoms with Gasteiger partial charge in [0.2, 0.25) is 0 Å². The van der Waals surface area contributed by atoms with Gasteiger partial charge in [-0.15, -0.1) is 0 Å². The Morgan fingerprint density at radius 3 is 2.48 bits per heavy atom. The van der Waals surface area contributed by atoms with Crippen LogP contribution in [0.25, 0.3) is 0 Å². The number of anilines is 1. The summed E-state index contributed by atoms with van der Waals surface area (Å²) in [4.78, 5) is 14.8. The summed E-state index contributed by atoms with van der Waals surface area (Å²) in [6.45, 7) is 7.62. The van der Waals surface area contributed by atoms with Crippen LogP contribution in [0.1, 0.15) is 47.2 Å². The third-order valence-corrected chi connectivity index (χ3v) is 7.49. The van der Waals surface area contributed by atoms with Crippen LogP contribution in [0.4, 0.5) is 5.69 Å². The third-order valence-electron chi connectivity index (χ3n) is 5.63. The maximum Gasteiger partial charge on any atom is 0.263 e. The van der Waals surface area contributed by atoms with Crippen molar-refractivity contribution in [3.05, 3.63) is 58.1 Å². The lowest BCUT2D eigenvalue weighted by atomic mass is 10.1. The molecule has 2 N–H and O–H groups in total. The van der Waals surface area contributed by atoms with Gasteiger partial charge >= 0.3 is 0 Å². The number of sulfonamides is 1. The van der Waals surface area contributed by atoms with Gasteiger partial charge in [-0.05, 0) is 94.2 Å². The first kappa shape index (κ1) is 23.6. The van der Waals surface area contributed by atoms with Crippen LogP contribution >= 0.6 is 11.6 Å². The average Bonchev–Trinajstić information content (AvgIpc) is 2.74. The number of likely N-dealkylation sites (tertiary alicyclic amines) is 1. The van der Waals surface area contributed by atoms with Gasteiger partial charge in [0.25, 0.3) is 15.9 Å². The lowest BCUT2D eigenvalue weighted by Crippen LogP contribution is -2.33. The number of piperidine rings is 1. The molecule has 31 heavy (non-hydrogen) atoms. The highest BCUT2D eigenvalue weighted by atomic mass is 35.5. The fourth-order valence-corrected chi connectivity index (χ4v) is 5.23. The van der Waals surface area contributed by atoms with Crippen molar-refractivity contribution in [2.75, 3.05) is 30.9 Å². The predicted molar refractivity (Wildman–Crippen MR) is 125 cm³/mol. The zero-order valence-corrected chi connectivity index (χ0v) is 19.7. The number of rotatable bonds is 8. The highest BCUT2D eigenvalue weighted by Gasteiger charge is 2.21. The van der Waals surface area contributed by atoms with Gasteiger partial charge in [0.05, 0.1) is 5.02 Å². The van der Waals surface area contributed by atoms with Crippen molar-refractivity contribution in [2.45, 2.75) is 44.4 Å². The highest BCUT2D eigenvalue weighted by Crippen LogP contribution is 2.26. The molecule has 0 radical (unpaired) electrons. The van der Waals surface area contributed by atoms with Crippen molar-refractivity contribution in [1.29, 1.82) is 0 Å². The van der Waals surface area contributed by atoms with Crippen molar-refractivity contribution >= 4 is 33.2 Å². The molecule has 0 bridgehead atoms. The number of benzene rings is 2. The molecule has 6 nitrogen and oxygen atoms in total. The number of nitrogens with one attached hydrogen (secondary N) is 2. The Morgan fingerprint density at radius 2 is 1.77 bits per heavy atom. The Labute approximate surface area is 190 Å². The van der Waals surface area contributed by atoms with Crippen LogP contribution in [0.15, 0.2) is 41.3 Å². The first-order valence-corrected chi connectivity index (χ1v) is 12.5. The van der Waals surface area contributed by atoms with E-state index in [1.165, 1.54) is 37.5 Å². The first-order chi connectivity index (χ1) is 14.8. The van der Waals surface area contributed by atoms with Crippen LogP contribution in [-0.2, 0) is 10.0 Å². The van der Waals surface area contributed by atoms with E-state index in [2.05, 4.69) is 14.9 Å². The molecular weight excluding hydrogens is 434 g/mol. The van der Waals surface area contributed by atoms with Gasteiger partial charge in [-0.1, -0.05) is 24.1 Å². The van der Waals surface area contributed by atoms with Crippen LogP contribution in [0.3, 0.4) is 0 Å². The van der Waals surface area contributed by atoms with E-state index in [4.69, 9.17) is 11.6 Å². The van der Waals surface area contributed by atoms with Crippen molar-refractivity contribution < 1.29 is 13.2 Å². The van der Waals surface area contributed by atoms with Crippen molar-refractivity contribution in [1.82, 2.24) is 10.2 Å². The number of halogens is 1. The summed E-state index contributed by atoms with van der Waals surface area (Å²) in [7, 11) is -3.94. The normalized spacial score (nSPS) is 14.9. The monoisotopic (exact) mass is 463 g/mol. The lowest BCUT2D eigenvalue weighted by molar-refractivity contribution is 0.0951. The average molecular weight is 464 g/mol. The van der Waals surface area contributed by atoms with Crippen LogP contribution in [0.2, 0.25) is 5.02 Å². The van der Waals surface area contributed by atoms with Crippen molar-refractivity contribution in [3.8, 4) is 0 Å². The van der Waals surface area contributed by atoms with Crippen LogP contribution < -0.4 is 10.0 Å². The fraction of sp³-hybridized carbons (Fsp3) is 0.435. The number of carbonyl (C=O) groups is 1. The van der Waals surface area contributed by atoms with Gasteiger partial charge in [0, 0.05) is 17.8 Å². The number of nitrogens with zero attached hydrogens (tertiary/aromatic N) is 1. The van der Waals surface area contributed by atoms with E-state index >= 15 is 0 Å². The van der Waals surface area contributed by atoms with Crippen LogP contribution in [0.5, 0.6) is 0 Å². The standard InChI is InChI=1S/C23H30ClN3O3S/c1-17-7-9-20(15-18(17)2)26-31(29,30)22-16-19(8-10-21(22)24)23(28)25-11-6-14-27-12-4-3-5-13-27/h7-10,15-16,26H,3-6,11-14H2,1-2H3,(H,25,28). The molecule has 1 amide bonds. The van der Waals surface area contributed by atoms with E-state index in [0.717, 1.165) is 37.2 Å². The quantitative estimate of drug-likeness (QED) is 0.570. The van der Waals surface area contributed by atoms with Gasteiger partial charge in [-0.2, -0.15) is 0 Å². The molecule has 1 aliphatic heterocycles. The molecule has 0 atom stereocenters. The van der Waals surface area contributed by atoms with E-state index in [9.17, 15) is 13.2 Å². The zero-order valence-electron chi connectivity index (χ0n) is 18.1. The molecule has 8 heteroatoms. The summed E-state index contributed by atoms with van der Waals surface area (Å²) >= 11 is 6.16. The molecule has 0 aromatic heterocycles. The maximum atomic E-state index is 12.9. The highest BCUT2D eigenvalue weighted by molar-refractivity contribution is 7.92. The van der Waals surface area contributed by atoms with Crippen molar-refractivity contribution in [3.63, 3.8) is 0 Å². The number of amides is 1. The first-order valence-electron chi connectivity index (χ1n) is 10.7. The summed E-state index contributed by atoms with van der Waals surface area (Å²) in [6.07, 6.45) is 4.64. The summed E-state index contributed by atoms with van der Waals surface area (Å²) in [5, 5.41) is 2.94. The maximum absolute atomic E-state index is 12.9. The number of carbonyl (C=O) groups excluding carboxylic acids is 1. The minimum Gasteiger partial charge on any atom is -0.352 e. The van der Waals surface area contributed by atoms with Gasteiger partial charge in [0.15, 0.2) is 0 Å². The zero-order chi connectivity index (χ0) is 22.4. The Bertz CT molecular complexity index is 1030. The number of hydrogen-bond donors (Lipinski definition) is 2. The van der Waals surface area contributed by atoms with E-state index in [1.807, 2.05) is 19.9 Å². The van der Waals surface area contributed by atoms with Crippen LogP contribution in [-0.4, -0.2) is 45.4 Å². The summed E-state index contributed by atoms with van der Waals surface area (Å²) in [5.74, 6) is -0.307. The summed E-state index contributed by atoms with van der Waals surface area (Å²) in [5.41, 5.74) is 2.76. The molecular formula is C23H30ClN3O3S. The summed E-state index contributed by atoms with van der Waals surface area (Å²) < 4.78 is 28.3. The fourth-order valence-electron chi connectivity index (χ4n) is 3.66. The molecule has 0 saturated carbocycles. The molecule has 2 aromatic rings. The molecule has 168 valence electrons. The summed E-state index contributed by atoms with van der Waals surface area (Å²) in [6, 6.07) is 9.62. The van der Waals surface area contributed by atoms with E-state index in [0.29, 0.717) is 12.2 Å². The Kier molecular flexibility index (Phi) is 7.97. The van der Waals surface area contributed by atoms with Gasteiger partial charge in [-0.25, -0.2) is 8.42 Å². The Balaban J connectivity index is 1.64. The van der Waals surface area contributed by atoms with Crippen LogP contribution in [0, 0.1) is 13.8 Å². The molecule has 0 unspecified atom stereocenters. The van der Waals surface area contributed by atoms with Gasteiger partial charge in [0.1, 0.15) is 4.90 Å². The van der Waals surface area contributed by atoms with Crippen molar-refractivity contribution in [2.24, 2.45) is 0 Å². The lowest BCUT2D eigenvalue weighted by Gasteiger charge is -2.26. The van der Waals surface area contributed by atoms with E-state index in [-0.39, 0.29) is 21.4 Å². The van der Waals surface area contributed by atoms with E-state index < -0.39 is 10.0 Å². The topological polar surface area (TPSA) is 78.5 Å². The third kappa shape index (κ3) is 6.45. The molecule has 1 heterocycles. The predicted octanol–water partition coefficient (Wildman–Crippen LogP) is 4.36.